The summed E-state index contributed by atoms with van der Waals surface area (Å²) in [6.07, 6.45) is 0. The van der Waals surface area contributed by atoms with Crippen LogP contribution < -0.4 is 10.6 Å². The Labute approximate surface area is 167 Å². The van der Waals surface area contributed by atoms with Crippen molar-refractivity contribution in [2.75, 3.05) is 32.5 Å². The molecule has 6 nitrogen and oxygen atoms in total. The molecule has 1 amide bonds. The maximum atomic E-state index is 13.5. The summed E-state index contributed by atoms with van der Waals surface area (Å²) in [5.74, 6) is -1.63. The summed E-state index contributed by atoms with van der Waals surface area (Å²) in [5, 5.41) is 5.71. The first-order valence-corrected chi connectivity index (χ1v) is 9.02. The van der Waals surface area contributed by atoms with Gasteiger partial charge in [-0.15, -0.1) is 0 Å². The fourth-order valence-corrected chi connectivity index (χ4v) is 2.55. The van der Waals surface area contributed by atoms with Crippen LogP contribution in [0.15, 0.2) is 54.6 Å². The summed E-state index contributed by atoms with van der Waals surface area (Å²) in [6, 6.07) is 14.1. The lowest BCUT2D eigenvalue weighted by molar-refractivity contribution is 0.0946. The number of amides is 1. The Morgan fingerprint density at radius 2 is 1.76 bits per heavy atom. The van der Waals surface area contributed by atoms with Crippen molar-refractivity contribution in [2.24, 2.45) is 0 Å². The normalized spacial score (nSPS) is 10.8. The summed E-state index contributed by atoms with van der Waals surface area (Å²) in [7, 11) is 3.82. The number of anilines is 2. The first-order valence-electron chi connectivity index (χ1n) is 9.02. The second kappa shape index (κ2) is 9.20. The van der Waals surface area contributed by atoms with Crippen LogP contribution >= 0.6 is 0 Å². The fraction of sp³-hybridized carbons (Fsp3) is 0.190. The predicted molar refractivity (Wildman–Crippen MR) is 108 cm³/mol. The van der Waals surface area contributed by atoms with Gasteiger partial charge < -0.3 is 15.5 Å². The molecule has 0 saturated heterocycles. The van der Waals surface area contributed by atoms with Gasteiger partial charge in [0.05, 0.1) is 0 Å². The van der Waals surface area contributed by atoms with E-state index in [9.17, 15) is 13.6 Å². The number of hydrogen-bond donors (Lipinski definition) is 2. The largest absolute Gasteiger partial charge is 0.349 e. The van der Waals surface area contributed by atoms with Crippen molar-refractivity contribution in [3.05, 3.63) is 71.9 Å². The third-order valence-electron chi connectivity index (χ3n) is 4.03. The van der Waals surface area contributed by atoms with Crippen LogP contribution in [0, 0.1) is 11.6 Å². The van der Waals surface area contributed by atoms with Gasteiger partial charge in [0.25, 0.3) is 5.91 Å². The van der Waals surface area contributed by atoms with E-state index in [4.69, 9.17) is 0 Å². The van der Waals surface area contributed by atoms with Gasteiger partial charge in [-0.05, 0) is 26.2 Å². The van der Waals surface area contributed by atoms with Gasteiger partial charge >= 0.3 is 0 Å². The molecule has 2 aromatic carbocycles. The Balaban J connectivity index is 1.92. The van der Waals surface area contributed by atoms with Crippen molar-refractivity contribution in [3.63, 3.8) is 0 Å². The molecule has 2 N–H and O–H groups in total. The molecule has 0 aliphatic heterocycles. The number of likely N-dealkylation sites (N-methyl/N-ethyl adjacent to an activating group) is 1. The highest BCUT2D eigenvalue weighted by Crippen LogP contribution is 2.22. The molecule has 0 spiro atoms. The minimum Gasteiger partial charge on any atom is -0.349 e. The number of rotatable bonds is 7. The number of nitrogens with one attached hydrogen (secondary N) is 2. The molecular formula is C21H21F2N5O. The van der Waals surface area contributed by atoms with E-state index in [0.717, 1.165) is 17.7 Å². The summed E-state index contributed by atoms with van der Waals surface area (Å²) in [4.78, 5) is 23.3. The van der Waals surface area contributed by atoms with Crippen molar-refractivity contribution in [3.8, 4) is 11.4 Å². The van der Waals surface area contributed by atoms with E-state index in [2.05, 4.69) is 20.6 Å². The molecule has 0 atom stereocenters. The van der Waals surface area contributed by atoms with Gasteiger partial charge in [0, 0.05) is 36.5 Å². The Bertz CT molecular complexity index is 996. The zero-order chi connectivity index (χ0) is 20.8. The monoisotopic (exact) mass is 397 g/mol. The van der Waals surface area contributed by atoms with E-state index in [1.807, 2.05) is 49.3 Å². The molecule has 0 aliphatic carbocycles. The lowest BCUT2D eigenvalue weighted by atomic mass is 10.2. The van der Waals surface area contributed by atoms with Crippen molar-refractivity contribution in [1.82, 2.24) is 20.2 Å². The smallest absolute Gasteiger partial charge is 0.270 e. The van der Waals surface area contributed by atoms with Crippen molar-refractivity contribution in [1.29, 1.82) is 0 Å². The average molecular weight is 397 g/mol. The number of carbonyl (C=O) groups is 1. The van der Waals surface area contributed by atoms with Gasteiger partial charge in [0.15, 0.2) is 17.5 Å². The molecule has 29 heavy (non-hydrogen) atoms. The molecule has 0 fully saturated rings. The third kappa shape index (κ3) is 5.55. The van der Waals surface area contributed by atoms with Crippen LogP contribution in [0.2, 0.25) is 0 Å². The maximum Gasteiger partial charge on any atom is 0.270 e. The van der Waals surface area contributed by atoms with Crippen LogP contribution in [-0.2, 0) is 0 Å². The lowest BCUT2D eigenvalue weighted by Crippen LogP contribution is -2.32. The second-order valence-electron chi connectivity index (χ2n) is 6.64. The van der Waals surface area contributed by atoms with E-state index >= 15 is 0 Å². The van der Waals surface area contributed by atoms with Crippen LogP contribution in [0.25, 0.3) is 11.4 Å². The first-order chi connectivity index (χ1) is 13.9. The van der Waals surface area contributed by atoms with Crippen LogP contribution in [0.5, 0.6) is 0 Å². The van der Waals surface area contributed by atoms with Crippen molar-refractivity contribution in [2.45, 2.75) is 0 Å². The standard InChI is InChI=1S/C21H21F2N5O/c1-28(2)11-10-24-21(29)18-13-19(25-15-8-9-16(22)17(23)12-15)27-20(26-18)14-6-4-3-5-7-14/h3-9,12-13H,10-11H2,1-2H3,(H,24,29)(H,25,26,27). The minimum absolute atomic E-state index is 0.169. The summed E-state index contributed by atoms with van der Waals surface area (Å²) in [5.41, 5.74) is 1.20. The highest BCUT2D eigenvalue weighted by atomic mass is 19.2. The highest BCUT2D eigenvalue weighted by molar-refractivity contribution is 5.93. The number of halogens is 2. The molecule has 0 saturated carbocycles. The first kappa shape index (κ1) is 20.3. The van der Waals surface area contributed by atoms with E-state index in [1.54, 1.807) is 0 Å². The molecule has 0 unspecified atom stereocenters. The Hall–Kier alpha value is -3.39. The van der Waals surface area contributed by atoms with Gasteiger partial charge in [-0.1, -0.05) is 30.3 Å². The van der Waals surface area contributed by atoms with E-state index in [-0.39, 0.29) is 11.6 Å². The average Bonchev–Trinajstić information content (AvgIpc) is 2.71. The second-order valence-corrected chi connectivity index (χ2v) is 6.64. The number of aromatic nitrogens is 2. The molecule has 0 aliphatic rings. The molecule has 0 bridgehead atoms. The van der Waals surface area contributed by atoms with Crippen molar-refractivity contribution < 1.29 is 13.6 Å². The van der Waals surface area contributed by atoms with Crippen molar-refractivity contribution >= 4 is 17.4 Å². The number of carbonyl (C=O) groups excluding carboxylic acids is 1. The molecular weight excluding hydrogens is 376 g/mol. The summed E-state index contributed by atoms with van der Waals surface area (Å²) in [6.45, 7) is 1.14. The van der Waals surface area contributed by atoms with Crippen LogP contribution in [-0.4, -0.2) is 48.0 Å². The molecule has 1 heterocycles. The number of hydrogen-bond acceptors (Lipinski definition) is 5. The summed E-state index contributed by atoms with van der Waals surface area (Å²) >= 11 is 0. The van der Waals surface area contributed by atoms with E-state index in [0.29, 0.717) is 30.4 Å². The Morgan fingerprint density at radius 3 is 2.45 bits per heavy atom. The molecule has 3 aromatic rings. The van der Waals surface area contributed by atoms with E-state index < -0.39 is 11.6 Å². The molecule has 8 heteroatoms. The molecule has 1 aromatic heterocycles. The molecule has 0 radical (unpaired) electrons. The molecule has 3 rings (SSSR count). The Morgan fingerprint density at radius 1 is 1.00 bits per heavy atom. The lowest BCUT2D eigenvalue weighted by Gasteiger charge is -2.12. The number of nitrogens with zero attached hydrogens (tertiary/aromatic N) is 3. The quantitative estimate of drug-likeness (QED) is 0.639. The van der Waals surface area contributed by atoms with Gasteiger partial charge in [-0.3, -0.25) is 4.79 Å². The van der Waals surface area contributed by atoms with E-state index in [1.165, 1.54) is 12.1 Å². The Kier molecular flexibility index (Phi) is 6.46. The summed E-state index contributed by atoms with van der Waals surface area (Å²) < 4.78 is 26.7. The highest BCUT2D eigenvalue weighted by Gasteiger charge is 2.14. The van der Waals surface area contributed by atoms with Crippen LogP contribution in [0.4, 0.5) is 20.3 Å². The van der Waals surface area contributed by atoms with Gasteiger partial charge in [0.1, 0.15) is 11.5 Å². The van der Waals surface area contributed by atoms with Gasteiger partial charge in [-0.2, -0.15) is 0 Å². The number of benzene rings is 2. The SMILES string of the molecule is CN(C)CCNC(=O)c1cc(Nc2ccc(F)c(F)c2)nc(-c2ccccc2)n1. The fourth-order valence-electron chi connectivity index (χ4n) is 2.55. The third-order valence-corrected chi connectivity index (χ3v) is 4.03. The maximum absolute atomic E-state index is 13.5. The minimum atomic E-state index is -0.978. The van der Waals surface area contributed by atoms with Crippen LogP contribution in [0.3, 0.4) is 0 Å². The van der Waals surface area contributed by atoms with Crippen LogP contribution in [0.1, 0.15) is 10.5 Å². The zero-order valence-corrected chi connectivity index (χ0v) is 16.1. The van der Waals surface area contributed by atoms with Gasteiger partial charge in [0.2, 0.25) is 0 Å². The topological polar surface area (TPSA) is 70.2 Å². The molecule has 150 valence electrons. The zero-order valence-electron chi connectivity index (χ0n) is 16.1. The predicted octanol–water partition coefficient (Wildman–Crippen LogP) is 3.46. The van der Waals surface area contributed by atoms with Gasteiger partial charge in [-0.25, -0.2) is 18.7 Å².